The third kappa shape index (κ3) is 1.52. The highest BCUT2D eigenvalue weighted by Crippen LogP contribution is 2.23. The molecule has 0 atom stereocenters. The fourth-order valence-electron chi connectivity index (χ4n) is 1.18. The van der Waals surface area contributed by atoms with Gasteiger partial charge in [0.1, 0.15) is 0 Å². The summed E-state index contributed by atoms with van der Waals surface area (Å²) in [6.45, 7) is 0. The molecule has 1 N–H and O–H groups in total. The van der Waals surface area contributed by atoms with Crippen LogP contribution in [0.5, 0.6) is 0 Å². The number of carboxylic acids is 1. The second-order valence-corrected chi connectivity index (χ2v) is 3.62. The Labute approximate surface area is 84.7 Å². The zero-order valence-electron chi connectivity index (χ0n) is 7.18. The van der Waals surface area contributed by atoms with E-state index in [9.17, 15) is 4.79 Å². The van der Waals surface area contributed by atoms with Crippen molar-refractivity contribution >= 4 is 29.6 Å². The summed E-state index contributed by atoms with van der Waals surface area (Å²) in [4.78, 5) is 15.7. The van der Waals surface area contributed by atoms with E-state index in [4.69, 9.17) is 5.11 Å². The number of thiophene rings is 1. The smallest absolute Gasteiger partial charge is 0.337 e. The molecule has 1 aromatic heterocycles. The Morgan fingerprint density at radius 1 is 1.43 bits per heavy atom. The molecule has 1 aliphatic rings. The van der Waals surface area contributed by atoms with Crippen molar-refractivity contribution in [2.24, 2.45) is 4.99 Å². The van der Waals surface area contributed by atoms with Crippen molar-refractivity contribution in [3.05, 3.63) is 39.7 Å². The van der Waals surface area contributed by atoms with Gasteiger partial charge < -0.3 is 5.11 Å². The number of fused-ring (bicyclic) bond motifs is 1. The molecule has 0 spiro atoms. The van der Waals surface area contributed by atoms with Crippen LogP contribution in [0, 0.1) is 0 Å². The molecule has 70 valence electrons. The Bertz CT molecular complexity index is 455. The van der Waals surface area contributed by atoms with E-state index >= 15 is 0 Å². The van der Waals surface area contributed by atoms with Crippen LogP contribution in [-0.4, -0.2) is 17.3 Å². The minimum Gasteiger partial charge on any atom is -0.478 e. The third-order valence-electron chi connectivity index (χ3n) is 1.83. The Hall–Kier alpha value is -1.68. The van der Waals surface area contributed by atoms with Gasteiger partial charge in [0.25, 0.3) is 0 Å². The van der Waals surface area contributed by atoms with Gasteiger partial charge in [-0.2, -0.15) is 0 Å². The summed E-state index contributed by atoms with van der Waals surface area (Å²) < 4.78 is 0. The highest BCUT2D eigenvalue weighted by atomic mass is 32.1. The lowest BCUT2D eigenvalue weighted by Gasteiger charge is -1.95. The van der Waals surface area contributed by atoms with Gasteiger partial charge in [-0.1, -0.05) is 12.2 Å². The van der Waals surface area contributed by atoms with Gasteiger partial charge >= 0.3 is 5.97 Å². The van der Waals surface area contributed by atoms with Gasteiger partial charge in [-0.05, 0) is 6.08 Å². The predicted octanol–water partition coefficient (Wildman–Crippen LogP) is 2.41. The number of aliphatic imine (C=N–C) groups is 1. The van der Waals surface area contributed by atoms with Crippen molar-refractivity contribution in [1.29, 1.82) is 0 Å². The molecule has 2 rings (SSSR count). The molecule has 2 heterocycles. The quantitative estimate of drug-likeness (QED) is 0.765. The van der Waals surface area contributed by atoms with E-state index in [-0.39, 0.29) is 0 Å². The second kappa shape index (κ2) is 3.59. The fraction of sp³-hybridized carbons (Fsp3) is 0. The van der Waals surface area contributed by atoms with Crippen LogP contribution in [-0.2, 0) is 0 Å². The van der Waals surface area contributed by atoms with Crippen molar-refractivity contribution in [3.63, 3.8) is 0 Å². The van der Waals surface area contributed by atoms with E-state index in [0.29, 0.717) is 5.56 Å². The average molecular weight is 205 g/mol. The Morgan fingerprint density at radius 2 is 2.29 bits per heavy atom. The third-order valence-corrected chi connectivity index (χ3v) is 2.76. The molecule has 0 saturated heterocycles. The molecule has 1 aromatic rings. The van der Waals surface area contributed by atoms with E-state index in [1.165, 1.54) is 11.3 Å². The molecule has 0 fully saturated rings. The van der Waals surface area contributed by atoms with Gasteiger partial charge in [0, 0.05) is 23.4 Å². The highest BCUT2D eigenvalue weighted by molar-refractivity contribution is 7.12. The lowest BCUT2D eigenvalue weighted by atomic mass is 10.1. The SMILES string of the molecule is O=C(O)c1csc2c1\C=C/C=C\N=C/2. The summed E-state index contributed by atoms with van der Waals surface area (Å²) in [6, 6.07) is 0. The van der Waals surface area contributed by atoms with Crippen LogP contribution >= 0.6 is 11.3 Å². The van der Waals surface area contributed by atoms with Gasteiger partial charge in [0.15, 0.2) is 0 Å². The van der Waals surface area contributed by atoms with E-state index < -0.39 is 5.97 Å². The minimum absolute atomic E-state index is 0.336. The summed E-state index contributed by atoms with van der Waals surface area (Å²) in [7, 11) is 0. The number of aromatic carboxylic acids is 1. The normalized spacial score (nSPS) is 20.3. The molecular formula is C10H7NO2S. The molecule has 4 heteroatoms. The highest BCUT2D eigenvalue weighted by Gasteiger charge is 2.13. The maximum Gasteiger partial charge on any atom is 0.337 e. The number of carboxylic acid groups (broad SMARTS) is 1. The van der Waals surface area contributed by atoms with Crippen LogP contribution < -0.4 is 0 Å². The molecule has 0 aromatic carbocycles. The Kier molecular flexibility index (Phi) is 2.28. The number of rotatable bonds is 1. The van der Waals surface area contributed by atoms with E-state index in [2.05, 4.69) is 4.99 Å². The summed E-state index contributed by atoms with van der Waals surface area (Å²) in [6.07, 6.45) is 8.68. The van der Waals surface area contributed by atoms with Gasteiger partial charge in [-0.3, -0.25) is 4.99 Å². The van der Waals surface area contributed by atoms with E-state index in [1.54, 1.807) is 36.0 Å². The summed E-state index contributed by atoms with van der Waals surface area (Å²) in [5.74, 6) is -0.898. The number of allylic oxidation sites excluding steroid dienone is 2. The number of carbonyl (C=O) groups is 1. The van der Waals surface area contributed by atoms with Gasteiger partial charge in [-0.25, -0.2) is 4.79 Å². The largest absolute Gasteiger partial charge is 0.478 e. The molecule has 0 aliphatic carbocycles. The first kappa shape index (κ1) is 8.90. The summed E-state index contributed by atoms with van der Waals surface area (Å²) in [5, 5.41) is 10.5. The maximum atomic E-state index is 10.8. The molecule has 0 amide bonds. The van der Waals surface area contributed by atoms with Crippen molar-refractivity contribution in [2.45, 2.75) is 0 Å². The van der Waals surface area contributed by atoms with Crippen LogP contribution in [0.25, 0.3) is 6.08 Å². The molecule has 0 saturated carbocycles. The lowest BCUT2D eigenvalue weighted by Crippen LogP contribution is -1.97. The molecule has 3 nitrogen and oxygen atoms in total. The average Bonchev–Trinajstić information content (AvgIpc) is 2.47. The lowest BCUT2D eigenvalue weighted by molar-refractivity contribution is 0.0697. The van der Waals surface area contributed by atoms with Crippen LogP contribution in [0.1, 0.15) is 20.8 Å². The molecular weight excluding hydrogens is 198 g/mol. The van der Waals surface area contributed by atoms with Crippen LogP contribution in [0.15, 0.2) is 28.7 Å². The van der Waals surface area contributed by atoms with Crippen LogP contribution in [0.2, 0.25) is 0 Å². The Morgan fingerprint density at radius 3 is 3.07 bits per heavy atom. The van der Waals surface area contributed by atoms with Gasteiger partial charge in [-0.15, -0.1) is 11.3 Å². The van der Waals surface area contributed by atoms with Crippen molar-refractivity contribution < 1.29 is 9.90 Å². The Balaban J connectivity index is 2.57. The van der Waals surface area contributed by atoms with Crippen molar-refractivity contribution in [1.82, 2.24) is 0 Å². The number of hydrogen-bond donors (Lipinski definition) is 1. The predicted molar refractivity (Wildman–Crippen MR) is 57.0 cm³/mol. The topological polar surface area (TPSA) is 49.7 Å². The number of nitrogens with zero attached hydrogens (tertiary/aromatic N) is 1. The van der Waals surface area contributed by atoms with Crippen LogP contribution in [0.4, 0.5) is 0 Å². The molecule has 0 unspecified atom stereocenters. The zero-order valence-corrected chi connectivity index (χ0v) is 7.99. The van der Waals surface area contributed by atoms with E-state index in [0.717, 1.165) is 10.4 Å². The summed E-state index contributed by atoms with van der Waals surface area (Å²) >= 11 is 1.39. The maximum absolute atomic E-state index is 10.8. The molecule has 14 heavy (non-hydrogen) atoms. The summed E-state index contributed by atoms with van der Waals surface area (Å²) in [5.41, 5.74) is 1.07. The minimum atomic E-state index is -0.898. The molecule has 1 aliphatic heterocycles. The number of hydrogen-bond acceptors (Lipinski definition) is 3. The second-order valence-electron chi connectivity index (χ2n) is 2.71. The molecule has 0 bridgehead atoms. The van der Waals surface area contributed by atoms with Crippen molar-refractivity contribution in [2.75, 3.05) is 0 Å². The zero-order chi connectivity index (χ0) is 9.97. The molecule has 0 radical (unpaired) electrons. The standard InChI is InChI=1S/C10H7NO2S/c12-10(13)8-6-14-9-5-11-4-2-1-3-7(8)9/h1-6H,(H,12,13)/b2-1?,3-1-,4-2-,7-3?,9-5?,11-4?,11-5-. The fourth-order valence-corrected chi connectivity index (χ4v) is 2.08. The first-order valence-electron chi connectivity index (χ1n) is 4.00. The van der Waals surface area contributed by atoms with Crippen LogP contribution in [0.3, 0.4) is 0 Å². The monoisotopic (exact) mass is 205 g/mol. The van der Waals surface area contributed by atoms with Gasteiger partial charge in [0.2, 0.25) is 0 Å². The van der Waals surface area contributed by atoms with E-state index in [1.807, 2.05) is 0 Å². The van der Waals surface area contributed by atoms with Crippen molar-refractivity contribution in [3.8, 4) is 0 Å². The first-order chi connectivity index (χ1) is 6.79. The van der Waals surface area contributed by atoms with Gasteiger partial charge in [0.05, 0.1) is 10.4 Å². The first-order valence-corrected chi connectivity index (χ1v) is 4.88.